The minimum atomic E-state index is -0.225. The molecule has 102 valence electrons. The fourth-order valence-electron chi connectivity index (χ4n) is 1.26. The summed E-state index contributed by atoms with van der Waals surface area (Å²) in [5.41, 5.74) is 0. The number of rotatable bonds is 7. The van der Waals surface area contributed by atoms with E-state index in [2.05, 4.69) is 15.5 Å². The zero-order valence-electron chi connectivity index (χ0n) is 11.3. The normalized spacial score (nSPS) is 12.7. The van der Waals surface area contributed by atoms with E-state index in [9.17, 15) is 4.79 Å². The number of hydrogen-bond acceptors (Lipinski definition) is 5. The van der Waals surface area contributed by atoms with Crippen LogP contribution >= 0.6 is 11.8 Å². The molecule has 0 aliphatic rings. The Kier molecular flexibility index (Phi) is 6.14. The smallest absolute Gasteiger partial charge is 0.277 e. The van der Waals surface area contributed by atoms with E-state index in [1.165, 1.54) is 16.7 Å². The van der Waals surface area contributed by atoms with E-state index < -0.39 is 0 Å². The molecule has 1 aromatic heterocycles. The highest BCUT2D eigenvalue weighted by atomic mass is 32.2. The molecule has 0 saturated carbocycles. The fraction of sp³-hybridized carbons (Fsp3) is 0.727. The van der Waals surface area contributed by atoms with Crippen molar-refractivity contribution in [3.05, 3.63) is 5.89 Å². The van der Waals surface area contributed by atoms with Crippen molar-refractivity contribution in [3.8, 4) is 0 Å². The standard InChI is InChI=1S/C11H20N4O2S/c1-5-6-12-10(16)8(2)18-11-14-13-9(17-11)7-15(3)4/h8H,5-7H2,1-4H3,(H,12,16)/p+1/t8-/m0/s1. The molecule has 0 fully saturated rings. The molecule has 0 aliphatic carbocycles. The lowest BCUT2D eigenvalue weighted by molar-refractivity contribution is -0.874. The van der Waals surface area contributed by atoms with Crippen LogP contribution in [0.5, 0.6) is 0 Å². The Labute approximate surface area is 112 Å². The van der Waals surface area contributed by atoms with Crippen LogP contribution in [0.1, 0.15) is 26.2 Å². The van der Waals surface area contributed by atoms with Gasteiger partial charge in [0.15, 0.2) is 6.54 Å². The lowest BCUT2D eigenvalue weighted by atomic mass is 10.4. The summed E-state index contributed by atoms with van der Waals surface area (Å²) in [5, 5.41) is 10.9. The first kappa shape index (κ1) is 15.0. The Morgan fingerprint density at radius 2 is 2.22 bits per heavy atom. The Bertz CT molecular complexity index is 381. The van der Waals surface area contributed by atoms with Crippen LogP contribution in [-0.2, 0) is 11.3 Å². The number of amides is 1. The van der Waals surface area contributed by atoms with Gasteiger partial charge in [-0.3, -0.25) is 4.79 Å². The summed E-state index contributed by atoms with van der Waals surface area (Å²) in [6.45, 7) is 5.23. The second-order valence-corrected chi connectivity index (χ2v) is 5.69. The first-order valence-electron chi connectivity index (χ1n) is 6.08. The van der Waals surface area contributed by atoms with Crippen molar-refractivity contribution in [1.29, 1.82) is 0 Å². The number of thioether (sulfide) groups is 1. The van der Waals surface area contributed by atoms with Crippen LogP contribution in [0, 0.1) is 0 Å². The Hall–Kier alpha value is -1.08. The third kappa shape index (κ3) is 5.05. The van der Waals surface area contributed by atoms with Crippen LogP contribution in [0.4, 0.5) is 0 Å². The fourth-order valence-corrected chi connectivity index (χ4v) is 1.98. The van der Waals surface area contributed by atoms with E-state index in [0.717, 1.165) is 6.42 Å². The van der Waals surface area contributed by atoms with E-state index in [-0.39, 0.29) is 11.2 Å². The predicted octanol–water partition coefficient (Wildman–Crippen LogP) is -0.279. The molecule has 2 N–H and O–H groups in total. The molecule has 0 spiro atoms. The van der Waals surface area contributed by atoms with Crippen LogP contribution < -0.4 is 10.2 Å². The maximum Gasteiger partial charge on any atom is 0.277 e. The van der Waals surface area contributed by atoms with E-state index in [1.807, 2.05) is 27.9 Å². The second-order valence-electron chi connectivity index (χ2n) is 4.40. The van der Waals surface area contributed by atoms with Crippen molar-refractivity contribution in [2.75, 3.05) is 20.6 Å². The molecule has 7 heteroatoms. The number of aromatic nitrogens is 2. The topological polar surface area (TPSA) is 72.5 Å². The van der Waals surface area contributed by atoms with Crippen molar-refractivity contribution in [2.45, 2.75) is 37.3 Å². The third-order valence-corrected chi connectivity index (χ3v) is 3.08. The molecule has 0 saturated heterocycles. The Morgan fingerprint density at radius 3 is 2.83 bits per heavy atom. The molecule has 0 bridgehead atoms. The van der Waals surface area contributed by atoms with Crippen LogP contribution in [0.2, 0.25) is 0 Å². The molecule has 1 atom stereocenters. The highest BCUT2D eigenvalue weighted by Gasteiger charge is 2.18. The maximum atomic E-state index is 11.7. The van der Waals surface area contributed by atoms with Gasteiger partial charge in [0, 0.05) is 6.54 Å². The number of nitrogens with zero attached hydrogens (tertiary/aromatic N) is 2. The second kappa shape index (κ2) is 7.38. The number of hydrogen-bond donors (Lipinski definition) is 2. The SMILES string of the molecule is CCCNC(=O)[C@H](C)Sc1nnc(C[NH+](C)C)o1. The molecule has 1 rings (SSSR count). The van der Waals surface area contributed by atoms with Gasteiger partial charge in [0.2, 0.25) is 5.91 Å². The van der Waals surface area contributed by atoms with Gasteiger partial charge in [0.25, 0.3) is 11.1 Å². The summed E-state index contributed by atoms with van der Waals surface area (Å²) in [6.07, 6.45) is 0.930. The quantitative estimate of drug-likeness (QED) is 0.669. The largest absolute Gasteiger partial charge is 0.410 e. The molecule has 0 radical (unpaired) electrons. The zero-order chi connectivity index (χ0) is 13.5. The third-order valence-electron chi connectivity index (χ3n) is 2.15. The Balaban J connectivity index is 2.46. The van der Waals surface area contributed by atoms with Crippen LogP contribution in [-0.4, -0.2) is 42.0 Å². The van der Waals surface area contributed by atoms with E-state index in [1.54, 1.807) is 0 Å². The summed E-state index contributed by atoms with van der Waals surface area (Å²) >= 11 is 1.29. The van der Waals surface area contributed by atoms with Gasteiger partial charge in [0.05, 0.1) is 19.3 Å². The minimum absolute atomic E-state index is 0.000153. The molecule has 0 aromatic carbocycles. The lowest BCUT2D eigenvalue weighted by Crippen LogP contribution is -3.04. The summed E-state index contributed by atoms with van der Waals surface area (Å²) in [5.74, 6) is 0.596. The number of carbonyl (C=O) groups excluding carboxylic acids is 1. The highest BCUT2D eigenvalue weighted by molar-refractivity contribution is 8.00. The molecular weight excluding hydrogens is 252 g/mol. The van der Waals surface area contributed by atoms with Gasteiger partial charge in [-0.2, -0.15) is 0 Å². The number of nitrogens with one attached hydrogen (secondary N) is 2. The van der Waals surface area contributed by atoms with Gasteiger partial charge >= 0.3 is 0 Å². The van der Waals surface area contributed by atoms with E-state index in [0.29, 0.717) is 24.2 Å². The number of quaternary nitrogens is 1. The van der Waals surface area contributed by atoms with Gasteiger partial charge in [-0.05, 0) is 13.3 Å². The molecule has 1 aromatic rings. The average molecular weight is 273 g/mol. The predicted molar refractivity (Wildman–Crippen MR) is 69.4 cm³/mol. The molecule has 1 amide bonds. The molecule has 18 heavy (non-hydrogen) atoms. The van der Waals surface area contributed by atoms with Crippen molar-refractivity contribution < 1.29 is 14.1 Å². The van der Waals surface area contributed by atoms with Gasteiger partial charge < -0.3 is 14.6 Å². The first-order chi connectivity index (χ1) is 8.52. The number of carbonyl (C=O) groups is 1. The van der Waals surface area contributed by atoms with Gasteiger partial charge in [-0.25, -0.2) is 0 Å². The molecular formula is C11H21N4O2S+. The Morgan fingerprint density at radius 1 is 1.50 bits per heavy atom. The maximum absolute atomic E-state index is 11.7. The van der Waals surface area contributed by atoms with Gasteiger partial charge in [0.1, 0.15) is 0 Å². The van der Waals surface area contributed by atoms with E-state index >= 15 is 0 Å². The molecule has 1 heterocycles. The summed E-state index contributed by atoms with van der Waals surface area (Å²) in [7, 11) is 4.02. The van der Waals surface area contributed by atoms with Crippen LogP contribution in [0.3, 0.4) is 0 Å². The van der Waals surface area contributed by atoms with Crippen LogP contribution in [0.25, 0.3) is 0 Å². The summed E-state index contributed by atoms with van der Waals surface area (Å²) < 4.78 is 5.46. The van der Waals surface area contributed by atoms with Gasteiger partial charge in [-0.1, -0.05) is 18.7 Å². The molecule has 6 nitrogen and oxygen atoms in total. The zero-order valence-corrected chi connectivity index (χ0v) is 12.1. The monoisotopic (exact) mass is 273 g/mol. The van der Waals surface area contributed by atoms with Crippen molar-refractivity contribution in [3.63, 3.8) is 0 Å². The van der Waals surface area contributed by atoms with Gasteiger partial charge in [-0.15, -0.1) is 10.2 Å². The highest BCUT2D eigenvalue weighted by Crippen LogP contribution is 2.21. The van der Waals surface area contributed by atoms with Crippen molar-refractivity contribution in [2.24, 2.45) is 0 Å². The molecule has 0 unspecified atom stereocenters. The van der Waals surface area contributed by atoms with Crippen LogP contribution in [0.15, 0.2) is 9.64 Å². The summed E-state index contributed by atoms with van der Waals surface area (Å²) in [4.78, 5) is 12.9. The lowest BCUT2D eigenvalue weighted by Gasteiger charge is -2.08. The van der Waals surface area contributed by atoms with Crippen molar-refractivity contribution >= 4 is 17.7 Å². The van der Waals surface area contributed by atoms with E-state index in [4.69, 9.17) is 4.42 Å². The first-order valence-corrected chi connectivity index (χ1v) is 6.96. The van der Waals surface area contributed by atoms with Crippen molar-refractivity contribution in [1.82, 2.24) is 15.5 Å². The average Bonchev–Trinajstić information content (AvgIpc) is 2.72. The summed E-state index contributed by atoms with van der Waals surface area (Å²) in [6, 6.07) is 0. The minimum Gasteiger partial charge on any atom is -0.410 e. The molecule has 0 aliphatic heterocycles.